The van der Waals surface area contributed by atoms with Crippen molar-refractivity contribution in [2.45, 2.75) is 39.7 Å². The molecule has 3 heteroatoms. The largest absolute Gasteiger partial charge is 0.306 e. The fraction of sp³-hybridized carbons (Fsp3) is 0.412. The summed E-state index contributed by atoms with van der Waals surface area (Å²) in [6.07, 6.45) is 2.24. The van der Waals surface area contributed by atoms with Crippen LogP contribution in [0, 0.1) is 6.92 Å². The highest BCUT2D eigenvalue weighted by atomic mass is 79.9. The van der Waals surface area contributed by atoms with Gasteiger partial charge in [0.05, 0.1) is 9.83 Å². The fourth-order valence-electron chi connectivity index (χ4n) is 2.24. The van der Waals surface area contributed by atoms with E-state index in [1.54, 1.807) is 0 Å². The van der Waals surface area contributed by atoms with Crippen LogP contribution in [0.3, 0.4) is 0 Å². The average Bonchev–Trinajstić information content (AvgIpc) is 2.79. The summed E-state index contributed by atoms with van der Waals surface area (Å²) in [5.74, 6) is 0. The molecule has 1 unspecified atom stereocenters. The van der Waals surface area contributed by atoms with E-state index < -0.39 is 0 Å². The van der Waals surface area contributed by atoms with Crippen LogP contribution >= 0.6 is 27.3 Å². The molecule has 0 bridgehead atoms. The molecule has 0 saturated heterocycles. The van der Waals surface area contributed by atoms with Gasteiger partial charge in [0.2, 0.25) is 0 Å². The lowest BCUT2D eigenvalue weighted by atomic mass is 10.0. The fourth-order valence-corrected chi connectivity index (χ4v) is 3.92. The number of hydrogen-bond donors (Lipinski definition) is 1. The highest BCUT2D eigenvalue weighted by Gasteiger charge is 2.16. The second kappa shape index (κ2) is 7.39. The molecule has 1 nitrogen and oxygen atoms in total. The molecule has 0 saturated carbocycles. The van der Waals surface area contributed by atoms with Crippen molar-refractivity contribution in [2.75, 3.05) is 6.54 Å². The molecule has 2 aromatic rings. The van der Waals surface area contributed by atoms with Gasteiger partial charge < -0.3 is 5.32 Å². The molecule has 1 heterocycles. The van der Waals surface area contributed by atoms with Crippen molar-refractivity contribution >= 4 is 27.3 Å². The lowest BCUT2D eigenvalue weighted by molar-refractivity contribution is 0.605. The Balaban J connectivity index is 2.30. The van der Waals surface area contributed by atoms with Gasteiger partial charge in [0, 0.05) is 4.88 Å². The molecule has 0 aliphatic rings. The number of benzene rings is 1. The normalized spacial score (nSPS) is 12.6. The predicted molar refractivity (Wildman–Crippen MR) is 92.7 cm³/mol. The molecule has 0 aliphatic heterocycles. The molecular formula is C17H22BrNS. The number of aryl methyl sites for hydroxylation is 2. The number of hydrogen-bond acceptors (Lipinski definition) is 2. The van der Waals surface area contributed by atoms with Gasteiger partial charge in [-0.1, -0.05) is 38.1 Å². The van der Waals surface area contributed by atoms with Gasteiger partial charge in [-0.2, -0.15) is 0 Å². The van der Waals surface area contributed by atoms with Gasteiger partial charge >= 0.3 is 0 Å². The molecule has 0 fully saturated rings. The van der Waals surface area contributed by atoms with Crippen LogP contribution in [0.2, 0.25) is 0 Å². The summed E-state index contributed by atoms with van der Waals surface area (Å²) < 4.78 is 1.24. The molecule has 1 atom stereocenters. The Morgan fingerprint density at radius 3 is 2.40 bits per heavy atom. The molecule has 0 amide bonds. The summed E-state index contributed by atoms with van der Waals surface area (Å²) in [6.45, 7) is 7.59. The second-order valence-corrected chi connectivity index (χ2v) is 7.49. The second-order valence-electron chi connectivity index (χ2n) is 5.09. The minimum atomic E-state index is 0.302. The first-order valence-corrected chi connectivity index (χ1v) is 8.84. The third-order valence-electron chi connectivity index (χ3n) is 3.48. The van der Waals surface area contributed by atoms with Crippen molar-refractivity contribution in [3.8, 4) is 0 Å². The highest BCUT2D eigenvalue weighted by Crippen LogP contribution is 2.34. The van der Waals surface area contributed by atoms with E-state index >= 15 is 0 Å². The maximum atomic E-state index is 3.67. The monoisotopic (exact) mass is 351 g/mol. The van der Waals surface area contributed by atoms with Crippen molar-refractivity contribution in [1.82, 2.24) is 5.32 Å². The summed E-state index contributed by atoms with van der Waals surface area (Å²) in [4.78, 5) is 1.38. The molecule has 1 N–H and O–H groups in total. The van der Waals surface area contributed by atoms with Crippen molar-refractivity contribution in [2.24, 2.45) is 0 Å². The highest BCUT2D eigenvalue weighted by molar-refractivity contribution is 9.11. The Morgan fingerprint density at radius 1 is 1.20 bits per heavy atom. The van der Waals surface area contributed by atoms with Crippen LogP contribution in [0.1, 0.15) is 47.9 Å². The van der Waals surface area contributed by atoms with Crippen LogP contribution in [0.25, 0.3) is 0 Å². The smallest absolute Gasteiger partial charge is 0.0731 e. The van der Waals surface area contributed by atoms with Crippen molar-refractivity contribution in [3.63, 3.8) is 0 Å². The summed E-state index contributed by atoms with van der Waals surface area (Å²) in [7, 11) is 0. The quantitative estimate of drug-likeness (QED) is 0.727. The molecule has 20 heavy (non-hydrogen) atoms. The maximum absolute atomic E-state index is 3.67. The van der Waals surface area contributed by atoms with E-state index in [-0.39, 0.29) is 0 Å². The van der Waals surface area contributed by atoms with Crippen molar-refractivity contribution in [3.05, 3.63) is 55.7 Å². The van der Waals surface area contributed by atoms with E-state index in [0.29, 0.717) is 6.04 Å². The Kier molecular flexibility index (Phi) is 5.82. The van der Waals surface area contributed by atoms with Gasteiger partial charge in [-0.3, -0.25) is 0 Å². The summed E-state index contributed by atoms with van der Waals surface area (Å²) >= 11 is 5.47. The van der Waals surface area contributed by atoms with Gasteiger partial charge in [-0.15, -0.1) is 11.3 Å². The first-order chi connectivity index (χ1) is 9.65. The van der Waals surface area contributed by atoms with Crippen LogP contribution in [-0.4, -0.2) is 6.54 Å². The SMILES string of the molecule is CCCNC(c1ccc(CC)cc1)c1cc(C)c(Br)s1. The average molecular weight is 352 g/mol. The van der Waals surface area contributed by atoms with E-state index in [4.69, 9.17) is 0 Å². The Labute approximate surface area is 134 Å². The van der Waals surface area contributed by atoms with Crippen molar-refractivity contribution in [1.29, 1.82) is 0 Å². The summed E-state index contributed by atoms with van der Waals surface area (Å²) in [5.41, 5.74) is 4.06. The van der Waals surface area contributed by atoms with Gasteiger partial charge in [0.1, 0.15) is 0 Å². The van der Waals surface area contributed by atoms with Gasteiger partial charge in [-0.25, -0.2) is 0 Å². The summed E-state index contributed by atoms with van der Waals surface area (Å²) in [5, 5.41) is 3.67. The number of thiophene rings is 1. The lowest BCUT2D eigenvalue weighted by Crippen LogP contribution is -2.22. The first-order valence-electron chi connectivity index (χ1n) is 7.23. The predicted octanol–water partition coefficient (Wildman–Crippen LogP) is 5.47. The first kappa shape index (κ1) is 15.7. The Morgan fingerprint density at radius 2 is 1.90 bits per heavy atom. The van der Waals surface area contributed by atoms with Gasteiger partial charge in [-0.05, 0) is 65.0 Å². The zero-order valence-electron chi connectivity index (χ0n) is 12.4. The molecule has 0 aliphatic carbocycles. The molecule has 2 rings (SSSR count). The third kappa shape index (κ3) is 3.72. The lowest BCUT2D eigenvalue weighted by Gasteiger charge is -2.18. The molecule has 0 spiro atoms. The van der Waals surface area contributed by atoms with E-state index in [2.05, 4.69) is 72.3 Å². The zero-order valence-corrected chi connectivity index (χ0v) is 14.8. The van der Waals surface area contributed by atoms with E-state index in [1.165, 1.54) is 25.4 Å². The van der Waals surface area contributed by atoms with E-state index in [0.717, 1.165) is 19.4 Å². The van der Waals surface area contributed by atoms with Crippen LogP contribution in [-0.2, 0) is 6.42 Å². The number of nitrogens with one attached hydrogen (secondary N) is 1. The molecule has 1 aromatic carbocycles. The molecule has 108 valence electrons. The topological polar surface area (TPSA) is 12.0 Å². The zero-order chi connectivity index (χ0) is 14.5. The van der Waals surface area contributed by atoms with Crippen LogP contribution in [0.5, 0.6) is 0 Å². The van der Waals surface area contributed by atoms with Gasteiger partial charge in [0.15, 0.2) is 0 Å². The number of rotatable bonds is 6. The Hall–Kier alpha value is -0.640. The minimum absolute atomic E-state index is 0.302. The van der Waals surface area contributed by atoms with Crippen molar-refractivity contribution < 1.29 is 0 Å². The van der Waals surface area contributed by atoms with Crippen LogP contribution < -0.4 is 5.32 Å². The third-order valence-corrected chi connectivity index (χ3v) is 5.68. The summed E-state index contributed by atoms with van der Waals surface area (Å²) in [6, 6.07) is 11.6. The van der Waals surface area contributed by atoms with Crippen LogP contribution in [0.15, 0.2) is 34.1 Å². The number of halogens is 1. The van der Waals surface area contributed by atoms with E-state index in [1.807, 2.05) is 11.3 Å². The maximum Gasteiger partial charge on any atom is 0.0731 e. The van der Waals surface area contributed by atoms with Crippen LogP contribution in [0.4, 0.5) is 0 Å². The van der Waals surface area contributed by atoms with E-state index in [9.17, 15) is 0 Å². The molecular weight excluding hydrogens is 330 g/mol. The molecule has 0 radical (unpaired) electrons. The molecule has 1 aromatic heterocycles. The minimum Gasteiger partial charge on any atom is -0.306 e. The van der Waals surface area contributed by atoms with Gasteiger partial charge in [0.25, 0.3) is 0 Å². The Bertz CT molecular complexity index is 525. The standard InChI is InChI=1S/C17H22BrNS/c1-4-10-19-16(15-11-12(3)17(18)20-15)14-8-6-13(5-2)7-9-14/h6-9,11,16,19H,4-5,10H2,1-3H3.